The van der Waals surface area contributed by atoms with Crippen LogP contribution in [0.15, 0.2) is 12.2 Å². The van der Waals surface area contributed by atoms with Gasteiger partial charge in [-0.15, -0.1) is 0 Å². The van der Waals surface area contributed by atoms with E-state index >= 15 is 0 Å². The van der Waals surface area contributed by atoms with Crippen LogP contribution in [0.3, 0.4) is 0 Å². The van der Waals surface area contributed by atoms with Gasteiger partial charge in [0.15, 0.2) is 6.10 Å². The molecule has 40 heavy (non-hydrogen) atoms. The van der Waals surface area contributed by atoms with Crippen molar-refractivity contribution in [3.63, 3.8) is 0 Å². The number of hydrogen-bond donors (Lipinski definition) is 1. The van der Waals surface area contributed by atoms with Gasteiger partial charge in [0.1, 0.15) is 6.61 Å². The molecule has 6 nitrogen and oxygen atoms in total. The van der Waals surface area contributed by atoms with Crippen LogP contribution in [0.1, 0.15) is 156 Å². The van der Waals surface area contributed by atoms with Gasteiger partial charge >= 0.3 is 11.9 Å². The molecule has 1 heterocycles. The predicted octanol–water partition coefficient (Wildman–Crippen LogP) is 8.63. The highest BCUT2D eigenvalue weighted by Crippen LogP contribution is 2.30. The molecule has 6 heteroatoms. The van der Waals surface area contributed by atoms with E-state index in [1.165, 1.54) is 64.2 Å². The summed E-state index contributed by atoms with van der Waals surface area (Å²) >= 11 is 0. The molecule has 0 radical (unpaired) electrons. The third kappa shape index (κ3) is 22.3. The van der Waals surface area contributed by atoms with Crippen molar-refractivity contribution in [2.24, 2.45) is 5.92 Å². The fourth-order valence-corrected chi connectivity index (χ4v) is 4.98. The molecule has 0 aliphatic carbocycles. The minimum atomic E-state index is -0.776. The second-order valence-corrected chi connectivity index (χ2v) is 12.1. The normalized spacial score (nSPS) is 17.4. The molecule has 1 saturated heterocycles. The van der Waals surface area contributed by atoms with Gasteiger partial charge in [-0.1, -0.05) is 116 Å². The zero-order chi connectivity index (χ0) is 29.3. The lowest BCUT2D eigenvalue weighted by Gasteiger charge is -2.15. The smallest absolute Gasteiger partial charge is 0.306 e. The Labute approximate surface area is 246 Å². The third-order valence-corrected chi connectivity index (χ3v) is 7.66. The molecule has 1 aliphatic heterocycles. The first-order valence-corrected chi connectivity index (χ1v) is 16.7. The Morgan fingerprint density at radius 1 is 0.775 bits per heavy atom. The molecule has 0 spiro atoms. The molecular formula is C34H62O6. The van der Waals surface area contributed by atoms with Crippen LogP contribution >= 0.6 is 0 Å². The second kappa shape index (κ2) is 25.3. The van der Waals surface area contributed by atoms with Gasteiger partial charge in [0, 0.05) is 12.8 Å². The van der Waals surface area contributed by atoms with E-state index in [2.05, 4.69) is 32.9 Å². The van der Waals surface area contributed by atoms with E-state index in [-0.39, 0.29) is 25.2 Å². The fourth-order valence-electron chi connectivity index (χ4n) is 4.98. The van der Waals surface area contributed by atoms with Crippen molar-refractivity contribution in [3.05, 3.63) is 12.2 Å². The van der Waals surface area contributed by atoms with E-state index in [1.54, 1.807) is 0 Å². The summed E-state index contributed by atoms with van der Waals surface area (Å²) in [4.78, 5) is 24.1. The number of rotatable bonds is 28. The van der Waals surface area contributed by atoms with Crippen LogP contribution in [-0.2, 0) is 23.8 Å². The molecule has 0 aromatic heterocycles. The number of hydrogen-bond acceptors (Lipinski definition) is 6. The lowest BCUT2D eigenvalue weighted by Crippen LogP contribution is -2.28. The Kier molecular flexibility index (Phi) is 23.2. The minimum Gasteiger partial charge on any atom is -0.462 e. The Morgan fingerprint density at radius 2 is 1.40 bits per heavy atom. The van der Waals surface area contributed by atoms with Crippen LogP contribution in [0.5, 0.6) is 0 Å². The van der Waals surface area contributed by atoms with Crippen LogP contribution < -0.4 is 0 Å². The molecule has 0 saturated carbocycles. The highest BCUT2D eigenvalue weighted by molar-refractivity contribution is 5.70. The molecule has 1 rings (SSSR count). The zero-order valence-electron chi connectivity index (χ0n) is 26.2. The highest BCUT2D eigenvalue weighted by atomic mass is 16.6. The van der Waals surface area contributed by atoms with Gasteiger partial charge in [0.25, 0.3) is 0 Å². The average Bonchev–Trinajstić information content (AvgIpc) is 3.68. The number of esters is 2. The summed E-state index contributed by atoms with van der Waals surface area (Å²) in [7, 11) is 0. The summed E-state index contributed by atoms with van der Waals surface area (Å²) in [5.74, 6) is 0.176. The van der Waals surface area contributed by atoms with E-state index in [4.69, 9.17) is 14.2 Å². The van der Waals surface area contributed by atoms with Crippen molar-refractivity contribution in [1.82, 2.24) is 0 Å². The van der Waals surface area contributed by atoms with Gasteiger partial charge < -0.3 is 19.3 Å². The highest BCUT2D eigenvalue weighted by Gasteiger charge is 2.36. The van der Waals surface area contributed by atoms with Gasteiger partial charge in [-0.05, 0) is 44.4 Å². The second-order valence-electron chi connectivity index (χ2n) is 12.1. The van der Waals surface area contributed by atoms with Crippen LogP contribution in [0.4, 0.5) is 0 Å². The zero-order valence-corrected chi connectivity index (χ0v) is 26.2. The van der Waals surface area contributed by atoms with E-state index in [0.717, 1.165) is 63.7 Å². The van der Waals surface area contributed by atoms with Gasteiger partial charge in [-0.3, -0.25) is 9.59 Å². The van der Waals surface area contributed by atoms with E-state index in [9.17, 15) is 14.7 Å². The molecule has 0 aromatic carbocycles. The number of unbranched alkanes of at least 4 members (excludes halogenated alkanes) is 13. The Bertz CT molecular complexity index is 646. The molecule has 0 aromatic rings. The number of carbonyl (C=O) groups is 2. The molecule has 1 aliphatic rings. The largest absolute Gasteiger partial charge is 0.462 e. The maximum Gasteiger partial charge on any atom is 0.306 e. The topological polar surface area (TPSA) is 85.4 Å². The van der Waals surface area contributed by atoms with Crippen LogP contribution in [-0.4, -0.2) is 48.6 Å². The quantitative estimate of drug-likeness (QED) is 0.0441. The molecule has 1 fully saturated rings. The summed E-state index contributed by atoms with van der Waals surface area (Å²) in [5.41, 5.74) is 0. The van der Waals surface area contributed by atoms with E-state index in [1.807, 2.05) is 0 Å². The minimum absolute atomic E-state index is 0.0726. The summed E-state index contributed by atoms with van der Waals surface area (Å²) < 4.78 is 16.3. The Balaban J connectivity index is 1.91. The lowest BCUT2D eigenvalue weighted by atomic mass is 10.0. The van der Waals surface area contributed by atoms with Crippen LogP contribution in [0.25, 0.3) is 0 Å². The molecule has 234 valence electrons. The van der Waals surface area contributed by atoms with E-state index in [0.29, 0.717) is 25.0 Å². The summed E-state index contributed by atoms with van der Waals surface area (Å²) in [6, 6.07) is 0. The standard InChI is InChI=1S/C34H62O6/c1-4-5-17-23-31-32(40-31)24-19-14-10-6-7-11-16-21-26-34(37)39-30(27-35)28-38-33(36)25-20-15-12-8-9-13-18-22-29(2)3/h14,19,29-32,35H,4-13,15-18,20-28H2,1-3H3/b19-14-/t30-,31?,32?/m0/s1. The van der Waals surface area contributed by atoms with Crippen molar-refractivity contribution >= 4 is 11.9 Å². The maximum atomic E-state index is 12.1. The molecule has 3 atom stereocenters. The van der Waals surface area contributed by atoms with Gasteiger partial charge in [-0.25, -0.2) is 0 Å². The molecule has 2 unspecified atom stereocenters. The maximum absolute atomic E-state index is 12.1. The number of allylic oxidation sites excluding steroid dienone is 1. The van der Waals surface area contributed by atoms with Crippen LogP contribution in [0.2, 0.25) is 0 Å². The summed E-state index contributed by atoms with van der Waals surface area (Å²) in [5, 5.41) is 9.49. The Hall–Kier alpha value is -1.40. The SMILES string of the molecule is CCCCCC1OC1C/C=C\CCCCCCCC(=O)O[C@@H](CO)COC(=O)CCCCCCCCCC(C)C. The molecular weight excluding hydrogens is 504 g/mol. The molecule has 1 N–H and O–H groups in total. The number of aliphatic hydroxyl groups is 1. The number of epoxide rings is 1. The van der Waals surface area contributed by atoms with Crippen molar-refractivity contribution in [1.29, 1.82) is 0 Å². The monoisotopic (exact) mass is 566 g/mol. The van der Waals surface area contributed by atoms with Gasteiger partial charge in [0.2, 0.25) is 0 Å². The number of aliphatic hydroxyl groups excluding tert-OH is 1. The summed E-state index contributed by atoms with van der Waals surface area (Å²) in [6.45, 7) is 6.36. The molecule has 0 amide bonds. The van der Waals surface area contributed by atoms with Gasteiger partial charge in [0.05, 0.1) is 18.8 Å². The molecule has 0 bridgehead atoms. The first-order valence-electron chi connectivity index (χ1n) is 16.7. The predicted molar refractivity (Wildman–Crippen MR) is 163 cm³/mol. The van der Waals surface area contributed by atoms with Crippen LogP contribution in [0, 0.1) is 5.92 Å². The first kappa shape index (κ1) is 36.6. The fraction of sp³-hybridized carbons (Fsp3) is 0.882. The van der Waals surface area contributed by atoms with Crippen molar-refractivity contribution in [2.75, 3.05) is 13.2 Å². The van der Waals surface area contributed by atoms with Crippen molar-refractivity contribution in [2.45, 2.75) is 174 Å². The average molecular weight is 567 g/mol. The van der Waals surface area contributed by atoms with E-state index < -0.39 is 6.10 Å². The van der Waals surface area contributed by atoms with Crippen molar-refractivity contribution < 1.29 is 28.9 Å². The first-order chi connectivity index (χ1) is 19.5. The number of carbonyl (C=O) groups excluding carboxylic acids is 2. The summed E-state index contributed by atoms with van der Waals surface area (Å²) in [6.07, 6.45) is 27.3. The Morgan fingerprint density at radius 3 is 2.05 bits per heavy atom. The van der Waals surface area contributed by atoms with Gasteiger partial charge in [-0.2, -0.15) is 0 Å². The lowest BCUT2D eigenvalue weighted by molar-refractivity contribution is -0.161. The third-order valence-electron chi connectivity index (χ3n) is 7.66. The van der Waals surface area contributed by atoms with Crippen molar-refractivity contribution in [3.8, 4) is 0 Å². The number of ether oxygens (including phenoxy) is 3.